The second-order valence-corrected chi connectivity index (χ2v) is 6.74. The molecule has 0 spiro atoms. The molecule has 5 heteroatoms. The van der Waals surface area contributed by atoms with Crippen molar-refractivity contribution in [3.63, 3.8) is 0 Å². The van der Waals surface area contributed by atoms with E-state index in [-0.39, 0.29) is 17.9 Å². The van der Waals surface area contributed by atoms with Gasteiger partial charge in [0.2, 0.25) is 5.91 Å². The molecule has 0 aromatic carbocycles. The average molecular weight is 315 g/mol. The second-order valence-electron chi connectivity index (χ2n) is 6.74. The van der Waals surface area contributed by atoms with Gasteiger partial charge in [-0.05, 0) is 44.2 Å². The van der Waals surface area contributed by atoms with Crippen molar-refractivity contribution >= 4 is 11.8 Å². The van der Waals surface area contributed by atoms with E-state index >= 15 is 0 Å². The lowest BCUT2D eigenvalue weighted by Gasteiger charge is -2.42. The van der Waals surface area contributed by atoms with Gasteiger partial charge in [0.15, 0.2) is 0 Å². The van der Waals surface area contributed by atoms with Crippen molar-refractivity contribution in [3.8, 4) is 0 Å². The second kappa shape index (κ2) is 6.69. The Balaban J connectivity index is 1.81. The van der Waals surface area contributed by atoms with Crippen molar-refractivity contribution in [3.05, 3.63) is 29.6 Å². The first-order valence-electron chi connectivity index (χ1n) is 8.56. The van der Waals surface area contributed by atoms with E-state index < -0.39 is 0 Å². The number of pyridine rings is 1. The number of aryl methyl sites for hydroxylation is 1. The van der Waals surface area contributed by atoms with Crippen LogP contribution >= 0.6 is 0 Å². The van der Waals surface area contributed by atoms with Crippen LogP contribution in [0.2, 0.25) is 0 Å². The van der Waals surface area contributed by atoms with Gasteiger partial charge in [0.1, 0.15) is 5.69 Å². The van der Waals surface area contributed by atoms with Gasteiger partial charge in [0, 0.05) is 38.3 Å². The predicted molar refractivity (Wildman–Crippen MR) is 88.0 cm³/mol. The summed E-state index contributed by atoms with van der Waals surface area (Å²) >= 11 is 0. The molecule has 1 aromatic rings. The SMILES string of the molecule is CC(=O)N1CC[C@@H]2[C@@H](CCCCN2C(=O)c2cccc(C)n2)C1. The summed E-state index contributed by atoms with van der Waals surface area (Å²) in [7, 11) is 0. The molecule has 3 rings (SSSR count). The van der Waals surface area contributed by atoms with Crippen LogP contribution in [0.1, 0.15) is 48.8 Å². The standard InChI is InChI=1S/C18H25N3O2/c1-13-6-5-8-16(19-13)18(23)21-10-4-3-7-15-12-20(14(2)22)11-9-17(15)21/h5-6,8,15,17H,3-4,7,9-12H2,1-2H3/t15-,17+/m0/s1. The molecule has 0 radical (unpaired) electrons. The fourth-order valence-electron chi connectivity index (χ4n) is 3.92. The molecular formula is C18H25N3O2. The molecule has 0 unspecified atom stereocenters. The number of carbonyl (C=O) groups is 2. The van der Waals surface area contributed by atoms with Gasteiger partial charge in [0.05, 0.1) is 0 Å². The van der Waals surface area contributed by atoms with Gasteiger partial charge in [-0.1, -0.05) is 12.5 Å². The summed E-state index contributed by atoms with van der Waals surface area (Å²) in [6.45, 7) is 5.88. The van der Waals surface area contributed by atoms with Crippen LogP contribution in [0.15, 0.2) is 18.2 Å². The van der Waals surface area contributed by atoms with Crippen LogP contribution < -0.4 is 0 Å². The minimum absolute atomic E-state index is 0.0434. The topological polar surface area (TPSA) is 53.5 Å². The van der Waals surface area contributed by atoms with Crippen LogP contribution in [-0.2, 0) is 4.79 Å². The lowest BCUT2D eigenvalue weighted by atomic mass is 9.88. The lowest BCUT2D eigenvalue weighted by molar-refractivity contribution is -0.131. The van der Waals surface area contributed by atoms with E-state index in [0.29, 0.717) is 11.6 Å². The maximum absolute atomic E-state index is 13.0. The molecule has 5 nitrogen and oxygen atoms in total. The van der Waals surface area contributed by atoms with Gasteiger partial charge in [-0.15, -0.1) is 0 Å². The highest BCUT2D eigenvalue weighted by atomic mass is 16.2. The van der Waals surface area contributed by atoms with Gasteiger partial charge in [0.25, 0.3) is 5.91 Å². The zero-order valence-electron chi connectivity index (χ0n) is 14.0. The minimum Gasteiger partial charge on any atom is -0.343 e. The fourth-order valence-corrected chi connectivity index (χ4v) is 3.92. The van der Waals surface area contributed by atoms with Crippen LogP contribution in [0.25, 0.3) is 0 Å². The van der Waals surface area contributed by atoms with Gasteiger partial charge < -0.3 is 9.80 Å². The molecule has 2 atom stereocenters. The predicted octanol–water partition coefficient (Wildman–Crippen LogP) is 2.25. The molecule has 124 valence electrons. The van der Waals surface area contributed by atoms with Crippen LogP contribution in [0, 0.1) is 12.8 Å². The molecule has 1 aromatic heterocycles. The molecule has 23 heavy (non-hydrogen) atoms. The van der Waals surface area contributed by atoms with E-state index in [0.717, 1.165) is 51.0 Å². The number of hydrogen-bond acceptors (Lipinski definition) is 3. The van der Waals surface area contributed by atoms with E-state index in [4.69, 9.17) is 0 Å². The summed E-state index contributed by atoms with van der Waals surface area (Å²) in [4.78, 5) is 33.0. The smallest absolute Gasteiger partial charge is 0.272 e. The molecule has 2 aliphatic heterocycles. The third kappa shape index (κ3) is 3.38. The maximum atomic E-state index is 13.0. The number of piperidine rings is 1. The summed E-state index contributed by atoms with van der Waals surface area (Å²) < 4.78 is 0. The monoisotopic (exact) mass is 315 g/mol. The van der Waals surface area contributed by atoms with Crippen LogP contribution in [-0.4, -0.2) is 52.3 Å². The average Bonchev–Trinajstić information content (AvgIpc) is 2.75. The first-order chi connectivity index (χ1) is 11.1. The van der Waals surface area contributed by atoms with Crippen molar-refractivity contribution in [2.75, 3.05) is 19.6 Å². The molecule has 0 bridgehead atoms. The van der Waals surface area contributed by atoms with Crippen molar-refractivity contribution in [2.24, 2.45) is 5.92 Å². The third-order valence-electron chi connectivity index (χ3n) is 5.13. The lowest BCUT2D eigenvalue weighted by Crippen LogP contribution is -2.53. The highest BCUT2D eigenvalue weighted by Gasteiger charge is 2.37. The zero-order chi connectivity index (χ0) is 16.4. The summed E-state index contributed by atoms with van der Waals surface area (Å²) in [5.41, 5.74) is 1.41. The molecule has 2 aliphatic rings. The Morgan fingerprint density at radius 1 is 1.17 bits per heavy atom. The van der Waals surface area contributed by atoms with Crippen molar-refractivity contribution in [1.29, 1.82) is 0 Å². The summed E-state index contributed by atoms with van der Waals surface area (Å²) in [5.74, 6) is 0.580. The number of amides is 2. The Morgan fingerprint density at radius 2 is 2.00 bits per heavy atom. The highest BCUT2D eigenvalue weighted by molar-refractivity contribution is 5.92. The molecule has 3 heterocycles. The van der Waals surface area contributed by atoms with Gasteiger partial charge in [-0.3, -0.25) is 9.59 Å². The number of likely N-dealkylation sites (tertiary alicyclic amines) is 2. The molecule has 0 aliphatic carbocycles. The number of rotatable bonds is 1. The van der Waals surface area contributed by atoms with E-state index in [1.807, 2.05) is 28.9 Å². The molecular weight excluding hydrogens is 290 g/mol. The third-order valence-corrected chi connectivity index (χ3v) is 5.13. The van der Waals surface area contributed by atoms with E-state index in [2.05, 4.69) is 4.98 Å². The first-order valence-corrected chi connectivity index (χ1v) is 8.56. The largest absolute Gasteiger partial charge is 0.343 e. The molecule has 2 saturated heterocycles. The number of fused-ring (bicyclic) bond motifs is 1. The van der Waals surface area contributed by atoms with Crippen molar-refractivity contribution in [2.45, 2.75) is 45.6 Å². The van der Waals surface area contributed by atoms with E-state index in [1.165, 1.54) is 0 Å². The Bertz CT molecular complexity index is 602. The first kappa shape index (κ1) is 16.0. The minimum atomic E-state index is 0.0434. The molecule has 2 fully saturated rings. The summed E-state index contributed by atoms with van der Waals surface area (Å²) in [6, 6.07) is 5.85. The van der Waals surface area contributed by atoms with Crippen LogP contribution in [0.3, 0.4) is 0 Å². The number of hydrogen-bond donors (Lipinski definition) is 0. The highest BCUT2D eigenvalue weighted by Crippen LogP contribution is 2.30. The van der Waals surface area contributed by atoms with Gasteiger partial charge >= 0.3 is 0 Å². The van der Waals surface area contributed by atoms with Gasteiger partial charge in [-0.2, -0.15) is 0 Å². The van der Waals surface area contributed by atoms with Crippen molar-refractivity contribution < 1.29 is 9.59 Å². The summed E-state index contributed by atoms with van der Waals surface area (Å²) in [5, 5.41) is 0. The van der Waals surface area contributed by atoms with Crippen molar-refractivity contribution in [1.82, 2.24) is 14.8 Å². The Labute approximate surface area is 137 Å². The normalized spacial score (nSPS) is 24.8. The zero-order valence-corrected chi connectivity index (χ0v) is 14.0. The summed E-state index contributed by atoms with van der Waals surface area (Å²) in [6.07, 6.45) is 4.13. The number of nitrogens with zero attached hydrogens (tertiary/aromatic N) is 3. The molecule has 0 saturated carbocycles. The Hall–Kier alpha value is -1.91. The fraction of sp³-hybridized carbons (Fsp3) is 0.611. The molecule has 0 N–H and O–H groups in total. The van der Waals surface area contributed by atoms with Crippen LogP contribution in [0.4, 0.5) is 0 Å². The van der Waals surface area contributed by atoms with Crippen LogP contribution in [0.5, 0.6) is 0 Å². The van der Waals surface area contributed by atoms with E-state index in [9.17, 15) is 9.59 Å². The van der Waals surface area contributed by atoms with E-state index in [1.54, 1.807) is 13.0 Å². The quantitative estimate of drug-likeness (QED) is 0.799. The number of carbonyl (C=O) groups excluding carboxylic acids is 2. The maximum Gasteiger partial charge on any atom is 0.272 e. The number of aromatic nitrogens is 1. The van der Waals surface area contributed by atoms with Gasteiger partial charge in [-0.25, -0.2) is 4.98 Å². The Morgan fingerprint density at radius 3 is 2.74 bits per heavy atom. The molecule has 2 amide bonds. The Kier molecular flexibility index (Phi) is 4.64.